The third-order valence-electron chi connectivity index (χ3n) is 13.4. The fourth-order valence-electron chi connectivity index (χ4n) is 9.51. The van der Waals surface area contributed by atoms with Crippen molar-refractivity contribution in [2.24, 2.45) is 23.7 Å². The Balaban J connectivity index is 1.62. The average molecular weight is 916 g/mol. The summed E-state index contributed by atoms with van der Waals surface area (Å²) in [6.07, 6.45) is -8.49. The van der Waals surface area contributed by atoms with Crippen LogP contribution in [-0.2, 0) is 57.0 Å². The number of ether oxygens (including phenoxy) is 9. The Labute approximate surface area is 378 Å². The van der Waals surface area contributed by atoms with Gasteiger partial charge >= 0.3 is 5.97 Å². The van der Waals surface area contributed by atoms with Gasteiger partial charge in [-0.15, -0.1) is 0 Å². The number of nitrogens with zero attached hydrogens (tertiary/aromatic N) is 1. The van der Waals surface area contributed by atoms with Gasteiger partial charge in [-0.2, -0.15) is 0 Å². The van der Waals surface area contributed by atoms with Crippen LogP contribution in [0.2, 0.25) is 0 Å². The minimum absolute atomic E-state index is 0.00788. The number of hydrogen-bond donors (Lipinski definition) is 5. The molecule has 18 heteroatoms. The second-order valence-corrected chi connectivity index (χ2v) is 18.7. The van der Waals surface area contributed by atoms with Crippen LogP contribution in [0, 0.1) is 23.7 Å². The van der Waals surface area contributed by atoms with Crippen molar-refractivity contribution >= 4 is 18.0 Å². The topological polar surface area (TPSA) is 239 Å². The third-order valence-corrected chi connectivity index (χ3v) is 13.4. The first kappa shape index (κ1) is 54.3. The highest BCUT2D eigenvalue weighted by molar-refractivity contribution is 5.91. The van der Waals surface area contributed by atoms with E-state index in [-0.39, 0.29) is 31.7 Å². The van der Waals surface area contributed by atoms with Crippen molar-refractivity contribution in [2.45, 2.75) is 191 Å². The van der Waals surface area contributed by atoms with E-state index in [0.29, 0.717) is 12.0 Å². The molecule has 0 aromatic rings. The number of aldehydes is 1. The van der Waals surface area contributed by atoms with E-state index in [2.05, 4.69) is 0 Å². The smallest absolute Gasteiger partial charge is 0.308 e. The molecule has 4 aliphatic heterocycles. The fourth-order valence-corrected chi connectivity index (χ4v) is 9.51. The maximum absolute atomic E-state index is 13.8. The number of allylic oxidation sites excluding steroid dienone is 3. The van der Waals surface area contributed by atoms with Crippen molar-refractivity contribution in [3.63, 3.8) is 0 Å². The molecule has 18 nitrogen and oxygen atoms in total. The summed E-state index contributed by atoms with van der Waals surface area (Å²) in [5.74, 6) is -3.59. The molecule has 0 unspecified atom stereocenters. The Morgan fingerprint density at radius 1 is 0.859 bits per heavy atom. The number of ketones is 1. The van der Waals surface area contributed by atoms with Gasteiger partial charge in [-0.05, 0) is 73.5 Å². The van der Waals surface area contributed by atoms with Gasteiger partial charge in [0, 0.05) is 44.8 Å². The molecule has 0 radical (unpaired) electrons. The number of rotatable bonds is 13. The number of carbonyl (C=O) groups is 3. The highest BCUT2D eigenvalue weighted by Gasteiger charge is 2.52. The molecule has 5 N–H and O–H groups in total. The van der Waals surface area contributed by atoms with Crippen LogP contribution in [0.3, 0.4) is 0 Å². The Hall–Kier alpha value is -2.27. The zero-order chi connectivity index (χ0) is 47.8. The van der Waals surface area contributed by atoms with Crippen molar-refractivity contribution in [3.8, 4) is 0 Å². The lowest BCUT2D eigenvalue weighted by atomic mass is 9.79. The number of esters is 1. The van der Waals surface area contributed by atoms with E-state index in [1.807, 2.05) is 19.9 Å². The molecule has 3 saturated heterocycles. The number of hydrogen-bond acceptors (Lipinski definition) is 18. The molecule has 0 aromatic heterocycles. The molecule has 4 heterocycles. The third kappa shape index (κ3) is 13.5. The lowest BCUT2D eigenvalue weighted by Gasteiger charge is -2.50. The first-order valence-electron chi connectivity index (χ1n) is 22.7. The normalized spacial score (nSPS) is 45.9. The van der Waals surface area contributed by atoms with Gasteiger partial charge in [-0.3, -0.25) is 9.59 Å². The minimum Gasteiger partial charge on any atom is -0.462 e. The monoisotopic (exact) mass is 916 g/mol. The van der Waals surface area contributed by atoms with Gasteiger partial charge < -0.3 is 77.9 Å². The van der Waals surface area contributed by atoms with Crippen LogP contribution in [0.5, 0.6) is 0 Å². The van der Waals surface area contributed by atoms with Crippen molar-refractivity contribution in [3.05, 3.63) is 23.8 Å². The largest absolute Gasteiger partial charge is 0.462 e. The molecule has 0 saturated carbocycles. The van der Waals surface area contributed by atoms with Gasteiger partial charge in [-0.1, -0.05) is 38.5 Å². The molecule has 0 bridgehead atoms. The first-order valence-corrected chi connectivity index (χ1v) is 22.7. The number of methoxy groups -OCH3 is 2. The number of carbonyl (C=O) groups excluding carboxylic acids is 3. The standard InChI is InChI=1S/C46H77NO17/c1-13-33-30(22-58-45-42(57-12)41(56-11)37(52)26(5)60-45)18-23(2)14-15-31(49)24(3)19-29(16-17-48)39(25(4)32(50)20-34(51)62-33)64-44-38(53)36(47(9)10)40(27(6)61-44)63-35-21-46(8,55)43(54)28(7)59-35/h14-15,17-18,24-30,32-33,35-45,50,52-55H,13,16,19-22H2,1-12H3/b15-14+,23-18-/t24-,25-,26+,27+,28-,29+,30+,32-,33-,35+,36+,37-,38-,39-,40-,41+,42+,43+,44-,45+,46-/m0/s1. The van der Waals surface area contributed by atoms with Crippen LogP contribution in [0.1, 0.15) is 87.5 Å². The number of likely N-dealkylation sites (N-methyl/N-ethyl adjacent to an activating group) is 1. The summed E-state index contributed by atoms with van der Waals surface area (Å²) in [6, 6.07) is -0.748. The lowest BCUT2D eigenvalue weighted by molar-refractivity contribution is -0.341. The molecule has 4 rings (SSSR count). The first-order chi connectivity index (χ1) is 30.1. The minimum atomic E-state index is -1.49. The van der Waals surface area contributed by atoms with E-state index in [1.165, 1.54) is 27.2 Å². The van der Waals surface area contributed by atoms with Crippen molar-refractivity contribution < 1.29 is 82.5 Å². The second kappa shape index (κ2) is 24.1. The van der Waals surface area contributed by atoms with Gasteiger partial charge in [0.2, 0.25) is 0 Å². The number of cyclic esters (lactones) is 1. The molecule has 0 amide bonds. The van der Waals surface area contributed by atoms with Crippen LogP contribution >= 0.6 is 0 Å². The second-order valence-electron chi connectivity index (χ2n) is 18.7. The Kier molecular flexibility index (Phi) is 20.5. The molecule has 368 valence electrons. The molecular weight excluding hydrogens is 838 g/mol. The van der Waals surface area contributed by atoms with Crippen LogP contribution in [0.15, 0.2) is 23.8 Å². The molecule has 21 atom stereocenters. The number of aliphatic hydroxyl groups excluding tert-OH is 4. The van der Waals surface area contributed by atoms with E-state index >= 15 is 0 Å². The van der Waals surface area contributed by atoms with E-state index in [9.17, 15) is 39.9 Å². The van der Waals surface area contributed by atoms with E-state index in [0.717, 1.165) is 6.29 Å². The number of aliphatic hydroxyl groups is 5. The fraction of sp³-hybridized carbons (Fsp3) is 0.848. The van der Waals surface area contributed by atoms with Crippen LogP contribution in [0.25, 0.3) is 0 Å². The highest BCUT2D eigenvalue weighted by atomic mass is 16.7. The van der Waals surface area contributed by atoms with Crippen LogP contribution < -0.4 is 0 Å². The Bertz CT molecular complexity index is 1560. The predicted octanol–water partition coefficient (Wildman–Crippen LogP) is 1.83. The van der Waals surface area contributed by atoms with Crippen LogP contribution in [-0.4, -0.2) is 187 Å². The average Bonchev–Trinajstić information content (AvgIpc) is 3.23. The maximum Gasteiger partial charge on any atom is 0.308 e. The molecule has 0 aromatic carbocycles. The summed E-state index contributed by atoms with van der Waals surface area (Å²) >= 11 is 0. The zero-order valence-electron chi connectivity index (χ0n) is 39.7. The molecule has 3 fully saturated rings. The maximum atomic E-state index is 13.8. The summed E-state index contributed by atoms with van der Waals surface area (Å²) in [5.41, 5.74) is -0.806. The van der Waals surface area contributed by atoms with Gasteiger partial charge in [0.05, 0.1) is 55.2 Å². The quantitative estimate of drug-likeness (QED) is 0.131. The molecule has 64 heavy (non-hydrogen) atoms. The van der Waals surface area contributed by atoms with E-state index in [1.54, 1.807) is 59.7 Å². The van der Waals surface area contributed by atoms with Gasteiger partial charge in [-0.25, -0.2) is 0 Å². The molecule has 0 aliphatic carbocycles. The molecular formula is C46H77NO17. The molecule has 0 spiro atoms. The lowest BCUT2D eigenvalue weighted by Crippen LogP contribution is -2.65. The van der Waals surface area contributed by atoms with Gasteiger partial charge in [0.25, 0.3) is 0 Å². The van der Waals surface area contributed by atoms with E-state index in [4.69, 9.17) is 42.6 Å². The molecule has 4 aliphatic rings. The van der Waals surface area contributed by atoms with Crippen molar-refractivity contribution in [1.29, 1.82) is 0 Å². The highest BCUT2D eigenvalue weighted by Crippen LogP contribution is 2.37. The summed E-state index contributed by atoms with van der Waals surface area (Å²) in [5, 5.41) is 55.8. The van der Waals surface area contributed by atoms with Gasteiger partial charge in [0.15, 0.2) is 24.7 Å². The Morgan fingerprint density at radius 2 is 1.52 bits per heavy atom. The summed E-state index contributed by atoms with van der Waals surface area (Å²) in [6.45, 7) is 13.6. The van der Waals surface area contributed by atoms with Crippen molar-refractivity contribution in [1.82, 2.24) is 4.90 Å². The Morgan fingerprint density at radius 3 is 2.11 bits per heavy atom. The zero-order valence-corrected chi connectivity index (χ0v) is 39.7. The SMILES string of the molecule is CC[C@@H]1OC(=O)C[C@H](O)[C@H](C)[C@H](O[C@@H]2O[C@H](C)[C@H](O[C@@H]3C[C@](C)(O)[C@H](O)[C@H](C)O3)[C@H](N(C)C)[C@@H]2O)[C@H](CC=O)C[C@H](C)C(=O)/C=C/C(C)=C\[C@@H]1CO[C@@H]1O[C@H](C)[C@H](O)[C@@H](OC)[C@H]1OC. The predicted molar refractivity (Wildman–Crippen MR) is 230 cm³/mol. The summed E-state index contributed by atoms with van der Waals surface area (Å²) in [7, 11) is 6.43. The summed E-state index contributed by atoms with van der Waals surface area (Å²) < 4.78 is 54.7. The van der Waals surface area contributed by atoms with E-state index < -0.39 is 140 Å². The van der Waals surface area contributed by atoms with Gasteiger partial charge in [0.1, 0.15) is 49.0 Å². The van der Waals surface area contributed by atoms with Crippen molar-refractivity contribution in [2.75, 3.05) is 34.9 Å². The summed E-state index contributed by atoms with van der Waals surface area (Å²) in [4.78, 5) is 41.5. The van der Waals surface area contributed by atoms with Crippen LogP contribution in [0.4, 0.5) is 0 Å².